The number of ketones is 2. The van der Waals surface area contributed by atoms with Crippen LogP contribution in [0.3, 0.4) is 0 Å². The van der Waals surface area contributed by atoms with E-state index in [2.05, 4.69) is 5.32 Å². The number of hydrogen-bond acceptors (Lipinski definition) is 3. The highest BCUT2D eigenvalue weighted by Gasteiger charge is 2.25. The van der Waals surface area contributed by atoms with Crippen molar-refractivity contribution in [1.82, 2.24) is 0 Å². The minimum Gasteiger partial charge on any atom is -0.384 e. The second-order valence-corrected chi connectivity index (χ2v) is 3.85. The van der Waals surface area contributed by atoms with E-state index in [1.165, 1.54) is 6.92 Å². The van der Waals surface area contributed by atoms with Gasteiger partial charge < -0.3 is 5.32 Å². The number of fused-ring (bicyclic) bond motifs is 1. The number of Topliss-reactive ketones (excluding diaryl/α,β-unsaturated/α-hetero) is 2. The van der Waals surface area contributed by atoms with E-state index in [1.807, 2.05) is 24.3 Å². The average molecular weight is 203 g/mol. The highest BCUT2D eigenvalue weighted by molar-refractivity contribution is 6.36. The number of benzene rings is 1. The molecule has 1 aliphatic rings. The summed E-state index contributed by atoms with van der Waals surface area (Å²) in [6, 6.07) is 7.92. The molecule has 1 heterocycles. The van der Waals surface area contributed by atoms with Crippen molar-refractivity contribution >= 4 is 17.3 Å². The normalized spacial score (nSPS) is 18.1. The number of para-hydroxylation sites is 1. The van der Waals surface area contributed by atoms with Crippen LogP contribution >= 0.6 is 0 Å². The molecule has 15 heavy (non-hydrogen) atoms. The van der Waals surface area contributed by atoms with Crippen molar-refractivity contribution in [2.75, 3.05) is 11.9 Å². The van der Waals surface area contributed by atoms with Gasteiger partial charge >= 0.3 is 0 Å². The van der Waals surface area contributed by atoms with Crippen LogP contribution in [0.2, 0.25) is 0 Å². The standard InChI is InChI=1S/C12H13NO2/c1-8(14)12(15)6-9-7-13-11-5-3-2-4-10(9)11/h2-5,9,13H,6-7H2,1H3. The van der Waals surface area contributed by atoms with Crippen LogP contribution in [0.15, 0.2) is 24.3 Å². The van der Waals surface area contributed by atoms with Crippen LogP contribution in [-0.4, -0.2) is 18.1 Å². The molecule has 3 nitrogen and oxygen atoms in total. The molecule has 1 aliphatic heterocycles. The van der Waals surface area contributed by atoms with E-state index in [-0.39, 0.29) is 17.5 Å². The van der Waals surface area contributed by atoms with Crippen LogP contribution in [0.4, 0.5) is 5.69 Å². The molecule has 0 fully saturated rings. The average Bonchev–Trinajstić information content (AvgIpc) is 2.62. The molecule has 0 amide bonds. The molecule has 2 rings (SSSR count). The molecule has 0 radical (unpaired) electrons. The lowest BCUT2D eigenvalue weighted by Crippen LogP contribution is -2.15. The maximum absolute atomic E-state index is 11.3. The first kappa shape index (κ1) is 9.90. The highest BCUT2D eigenvalue weighted by atomic mass is 16.2. The number of carbonyl (C=O) groups excluding carboxylic acids is 2. The molecule has 0 aliphatic carbocycles. The Kier molecular flexibility index (Phi) is 2.54. The van der Waals surface area contributed by atoms with Crippen LogP contribution in [0.25, 0.3) is 0 Å². The molecule has 1 aromatic rings. The van der Waals surface area contributed by atoms with Crippen molar-refractivity contribution in [3.63, 3.8) is 0 Å². The Hall–Kier alpha value is -1.64. The fourth-order valence-electron chi connectivity index (χ4n) is 1.91. The zero-order valence-electron chi connectivity index (χ0n) is 8.62. The molecule has 1 N–H and O–H groups in total. The van der Waals surface area contributed by atoms with E-state index in [9.17, 15) is 9.59 Å². The van der Waals surface area contributed by atoms with E-state index >= 15 is 0 Å². The van der Waals surface area contributed by atoms with Crippen LogP contribution in [-0.2, 0) is 9.59 Å². The fourth-order valence-corrected chi connectivity index (χ4v) is 1.91. The summed E-state index contributed by atoms with van der Waals surface area (Å²) < 4.78 is 0. The van der Waals surface area contributed by atoms with Crippen LogP contribution in [0, 0.1) is 0 Å². The van der Waals surface area contributed by atoms with Gasteiger partial charge in [-0.15, -0.1) is 0 Å². The van der Waals surface area contributed by atoms with Gasteiger partial charge in [0, 0.05) is 31.5 Å². The molecule has 0 spiro atoms. The smallest absolute Gasteiger partial charge is 0.198 e. The molecule has 0 saturated heterocycles. The quantitative estimate of drug-likeness (QED) is 0.761. The maximum Gasteiger partial charge on any atom is 0.198 e. The lowest BCUT2D eigenvalue weighted by Gasteiger charge is -2.07. The molecule has 78 valence electrons. The molecule has 0 bridgehead atoms. The Bertz CT molecular complexity index is 412. The number of nitrogens with one attached hydrogen (secondary N) is 1. The summed E-state index contributed by atoms with van der Waals surface area (Å²) in [5.74, 6) is -0.476. The minimum absolute atomic E-state index is 0.151. The van der Waals surface area contributed by atoms with Crippen LogP contribution in [0.5, 0.6) is 0 Å². The second kappa shape index (κ2) is 3.85. The van der Waals surface area contributed by atoms with Crippen molar-refractivity contribution in [1.29, 1.82) is 0 Å². The molecular formula is C12H13NO2. The fraction of sp³-hybridized carbons (Fsp3) is 0.333. The summed E-state index contributed by atoms with van der Waals surface area (Å²) in [6.45, 7) is 2.08. The SMILES string of the molecule is CC(=O)C(=O)CC1CNc2ccccc21. The van der Waals surface area contributed by atoms with Gasteiger partial charge in [-0.2, -0.15) is 0 Å². The number of hydrogen-bond donors (Lipinski definition) is 1. The topological polar surface area (TPSA) is 46.2 Å². The molecular weight excluding hydrogens is 190 g/mol. The van der Waals surface area contributed by atoms with E-state index in [0.29, 0.717) is 6.42 Å². The van der Waals surface area contributed by atoms with Gasteiger partial charge in [-0.1, -0.05) is 18.2 Å². The van der Waals surface area contributed by atoms with Gasteiger partial charge in [0.1, 0.15) is 0 Å². The Morgan fingerprint density at radius 2 is 2.13 bits per heavy atom. The first-order valence-corrected chi connectivity index (χ1v) is 5.05. The van der Waals surface area contributed by atoms with E-state index in [1.54, 1.807) is 0 Å². The zero-order chi connectivity index (χ0) is 10.8. The Morgan fingerprint density at radius 1 is 1.40 bits per heavy atom. The van der Waals surface area contributed by atoms with Crippen LogP contribution < -0.4 is 5.32 Å². The van der Waals surface area contributed by atoms with E-state index in [0.717, 1.165) is 17.8 Å². The molecule has 1 unspecified atom stereocenters. The van der Waals surface area contributed by atoms with Gasteiger partial charge in [0.05, 0.1) is 0 Å². The molecule has 3 heteroatoms. The lowest BCUT2D eigenvalue weighted by molar-refractivity contribution is -0.135. The summed E-state index contributed by atoms with van der Waals surface area (Å²) >= 11 is 0. The van der Waals surface area contributed by atoms with E-state index < -0.39 is 0 Å². The lowest BCUT2D eigenvalue weighted by atomic mass is 9.95. The first-order valence-electron chi connectivity index (χ1n) is 5.05. The molecule has 1 aromatic carbocycles. The van der Waals surface area contributed by atoms with Crippen LogP contribution in [0.1, 0.15) is 24.8 Å². The monoisotopic (exact) mass is 203 g/mol. The Morgan fingerprint density at radius 3 is 2.87 bits per heavy atom. The zero-order valence-corrected chi connectivity index (χ0v) is 8.62. The summed E-state index contributed by atoms with van der Waals surface area (Å²) in [7, 11) is 0. The van der Waals surface area contributed by atoms with Gasteiger partial charge in [0.2, 0.25) is 0 Å². The minimum atomic E-state index is -0.348. The van der Waals surface area contributed by atoms with Crippen molar-refractivity contribution in [2.45, 2.75) is 19.3 Å². The first-order chi connectivity index (χ1) is 7.18. The van der Waals surface area contributed by atoms with Gasteiger partial charge in [0.25, 0.3) is 0 Å². The summed E-state index contributed by atoms with van der Waals surface area (Å²) in [4.78, 5) is 22.2. The highest BCUT2D eigenvalue weighted by Crippen LogP contribution is 2.33. The predicted molar refractivity (Wildman–Crippen MR) is 58.0 cm³/mol. The Balaban J connectivity index is 2.14. The maximum atomic E-state index is 11.3. The third-order valence-corrected chi connectivity index (χ3v) is 2.76. The van der Waals surface area contributed by atoms with Gasteiger partial charge in [-0.05, 0) is 11.6 Å². The Labute approximate surface area is 88.5 Å². The summed E-state index contributed by atoms with van der Waals surface area (Å²) in [5.41, 5.74) is 2.23. The number of anilines is 1. The van der Waals surface area contributed by atoms with Crippen molar-refractivity contribution in [3.05, 3.63) is 29.8 Å². The van der Waals surface area contributed by atoms with E-state index in [4.69, 9.17) is 0 Å². The largest absolute Gasteiger partial charge is 0.384 e. The third-order valence-electron chi connectivity index (χ3n) is 2.76. The predicted octanol–water partition coefficient (Wildman–Crippen LogP) is 1.74. The van der Waals surface area contributed by atoms with Crippen molar-refractivity contribution in [2.24, 2.45) is 0 Å². The molecule has 1 atom stereocenters. The van der Waals surface area contributed by atoms with Gasteiger partial charge in [0.15, 0.2) is 11.6 Å². The number of rotatable bonds is 3. The van der Waals surface area contributed by atoms with Gasteiger partial charge in [-0.3, -0.25) is 9.59 Å². The third kappa shape index (κ3) is 1.91. The van der Waals surface area contributed by atoms with Gasteiger partial charge in [-0.25, -0.2) is 0 Å². The van der Waals surface area contributed by atoms with Crippen molar-refractivity contribution < 1.29 is 9.59 Å². The summed E-state index contributed by atoms with van der Waals surface area (Å²) in [5, 5.41) is 3.23. The second-order valence-electron chi connectivity index (χ2n) is 3.85. The van der Waals surface area contributed by atoms with Crippen molar-refractivity contribution in [3.8, 4) is 0 Å². The molecule has 0 saturated carbocycles. The summed E-state index contributed by atoms with van der Waals surface area (Å²) in [6.07, 6.45) is 0.319. The molecule has 0 aromatic heterocycles. The number of carbonyl (C=O) groups is 2.